The summed E-state index contributed by atoms with van der Waals surface area (Å²) >= 11 is 4.74. The lowest BCUT2D eigenvalue weighted by molar-refractivity contribution is -0.119. The van der Waals surface area contributed by atoms with Gasteiger partial charge in [-0.25, -0.2) is 0 Å². The van der Waals surface area contributed by atoms with Crippen LogP contribution in [0.3, 0.4) is 0 Å². The number of nitrogens with one attached hydrogen (secondary N) is 1. The van der Waals surface area contributed by atoms with Crippen LogP contribution in [0.25, 0.3) is 0 Å². The van der Waals surface area contributed by atoms with E-state index in [2.05, 4.69) is 17.9 Å². The van der Waals surface area contributed by atoms with E-state index >= 15 is 0 Å². The van der Waals surface area contributed by atoms with E-state index in [0.717, 1.165) is 11.8 Å². The Kier molecular flexibility index (Phi) is 6.74. The standard InChI is InChI=1S/C10H17NO3S2/c1-7(12)11-6-10(2,3)16-9(14)5-4-8(13)15/h4-6H2,1-3H3,(H,11,12)(H,13,15). The van der Waals surface area contributed by atoms with Crippen LogP contribution in [0.5, 0.6) is 0 Å². The molecular formula is C10H17NO3S2. The molecular weight excluding hydrogens is 246 g/mol. The van der Waals surface area contributed by atoms with Crippen molar-refractivity contribution < 1.29 is 14.4 Å². The predicted octanol–water partition coefficient (Wildman–Crippen LogP) is 1.40. The second kappa shape index (κ2) is 6.96. The Morgan fingerprint density at radius 1 is 1.25 bits per heavy atom. The van der Waals surface area contributed by atoms with E-state index in [1.807, 2.05) is 13.8 Å². The quantitative estimate of drug-likeness (QED) is 0.711. The normalized spacial score (nSPS) is 11.0. The van der Waals surface area contributed by atoms with Gasteiger partial charge in [-0.15, -0.1) is 12.6 Å². The maximum atomic E-state index is 11.5. The van der Waals surface area contributed by atoms with Crippen molar-refractivity contribution in [3.05, 3.63) is 0 Å². The number of thiol groups is 1. The minimum Gasteiger partial charge on any atom is -0.355 e. The van der Waals surface area contributed by atoms with Gasteiger partial charge in [0.1, 0.15) is 0 Å². The monoisotopic (exact) mass is 263 g/mol. The highest BCUT2D eigenvalue weighted by Crippen LogP contribution is 2.26. The van der Waals surface area contributed by atoms with E-state index in [4.69, 9.17) is 0 Å². The molecule has 0 rings (SSSR count). The molecule has 0 atom stereocenters. The third-order valence-electron chi connectivity index (χ3n) is 1.70. The van der Waals surface area contributed by atoms with Gasteiger partial charge in [0, 0.05) is 31.1 Å². The van der Waals surface area contributed by atoms with Gasteiger partial charge in [-0.3, -0.25) is 14.4 Å². The molecule has 1 amide bonds. The molecule has 0 saturated heterocycles. The van der Waals surface area contributed by atoms with Gasteiger partial charge in [0.15, 0.2) is 10.2 Å². The van der Waals surface area contributed by atoms with Gasteiger partial charge in [-0.1, -0.05) is 11.8 Å². The Morgan fingerprint density at radius 2 is 1.81 bits per heavy atom. The highest BCUT2D eigenvalue weighted by atomic mass is 32.2. The summed E-state index contributed by atoms with van der Waals surface area (Å²) in [6, 6.07) is 0. The highest BCUT2D eigenvalue weighted by Gasteiger charge is 2.23. The smallest absolute Gasteiger partial charge is 0.216 e. The fourth-order valence-electron chi connectivity index (χ4n) is 0.942. The molecule has 0 aliphatic carbocycles. The van der Waals surface area contributed by atoms with Crippen LogP contribution < -0.4 is 5.32 Å². The zero-order valence-electron chi connectivity index (χ0n) is 9.70. The summed E-state index contributed by atoms with van der Waals surface area (Å²) in [5.41, 5.74) is 0. The molecule has 1 N–H and O–H groups in total. The van der Waals surface area contributed by atoms with Gasteiger partial charge in [0.05, 0.1) is 0 Å². The van der Waals surface area contributed by atoms with Crippen molar-refractivity contribution in [3.63, 3.8) is 0 Å². The van der Waals surface area contributed by atoms with Crippen molar-refractivity contribution >= 4 is 40.5 Å². The van der Waals surface area contributed by atoms with Gasteiger partial charge in [-0.05, 0) is 13.8 Å². The Morgan fingerprint density at radius 3 is 2.25 bits per heavy atom. The van der Waals surface area contributed by atoms with Crippen LogP contribution >= 0.6 is 24.4 Å². The first-order chi connectivity index (χ1) is 7.23. The number of carbonyl (C=O) groups excluding carboxylic acids is 3. The first-order valence-corrected chi connectivity index (χ1v) is 6.17. The molecule has 0 spiro atoms. The molecule has 0 heterocycles. The Balaban J connectivity index is 3.99. The molecule has 0 aliphatic heterocycles. The predicted molar refractivity (Wildman–Crippen MR) is 68.6 cm³/mol. The van der Waals surface area contributed by atoms with Gasteiger partial charge >= 0.3 is 0 Å². The molecule has 92 valence electrons. The molecule has 16 heavy (non-hydrogen) atoms. The molecule has 0 aromatic rings. The summed E-state index contributed by atoms with van der Waals surface area (Å²) in [4.78, 5) is 32.8. The van der Waals surface area contributed by atoms with E-state index in [9.17, 15) is 14.4 Å². The van der Waals surface area contributed by atoms with E-state index in [0.29, 0.717) is 6.54 Å². The summed E-state index contributed by atoms with van der Waals surface area (Å²) in [5.74, 6) is -0.119. The molecule has 0 aromatic carbocycles. The van der Waals surface area contributed by atoms with Crippen LogP contribution in [0.15, 0.2) is 0 Å². The van der Waals surface area contributed by atoms with Crippen molar-refractivity contribution in [3.8, 4) is 0 Å². The zero-order chi connectivity index (χ0) is 12.8. The number of hydrogen-bond acceptors (Lipinski definition) is 4. The lowest BCUT2D eigenvalue weighted by atomic mass is 10.2. The third kappa shape index (κ3) is 8.79. The average molecular weight is 263 g/mol. The van der Waals surface area contributed by atoms with Gasteiger partial charge < -0.3 is 5.32 Å². The SMILES string of the molecule is CC(=O)NCC(C)(C)SC(=O)CCC(=O)S. The largest absolute Gasteiger partial charge is 0.355 e. The molecule has 0 aliphatic rings. The van der Waals surface area contributed by atoms with Crippen molar-refractivity contribution in [1.82, 2.24) is 5.32 Å². The summed E-state index contributed by atoms with van der Waals surface area (Å²) < 4.78 is -0.359. The second-order valence-corrected chi connectivity index (χ2v) is 6.30. The molecule has 4 nitrogen and oxygen atoms in total. The topological polar surface area (TPSA) is 63.2 Å². The average Bonchev–Trinajstić information content (AvgIpc) is 2.11. The Bertz CT molecular complexity index is 290. The van der Waals surface area contributed by atoms with E-state index in [-0.39, 0.29) is 33.7 Å². The minimum absolute atomic E-state index is 0.0576. The second-order valence-electron chi connectivity index (χ2n) is 4.04. The van der Waals surface area contributed by atoms with Crippen molar-refractivity contribution in [1.29, 1.82) is 0 Å². The molecule has 0 unspecified atom stereocenters. The first kappa shape index (κ1) is 15.5. The number of rotatable bonds is 6. The van der Waals surface area contributed by atoms with Crippen LogP contribution in [0.1, 0.15) is 33.6 Å². The Hall–Kier alpha value is -0.490. The first-order valence-electron chi connectivity index (χ1n) is 4.91. The minimum atomic E-state index is -0.359. The Labute approximate surface area is 105 Å². The maximum absolute atomic E-state index is 11.5. The fourth-order valence-corrected chi connectivity index (χ4v) is 2.02. The van der Waals surface area contributed by atoms with Crippen LogP contribution in [0.2, 0.25) is 0 Å². The summed E-state index contributed by atoms with van der Waals surface area (Å²) in [5, 5.41) is 2.32. The molecule has 0 radical (unpaired) electrons. The van der Waals surface area contributed by atoms with E-state index in [1.54, 1.807) is 0 Å². The molecule has 0 fully saturated rings. The summed E-state index contributed by atoms with van der Waals surface area (Å²) in [6.07, 6.45) is 0.349. The van der Waals surface area contributed by atoms with Gasteiger partial charge in [-0.2, -0.15) is 0 Å². The van der Waals surface area contributed by atoms with Crippen LogP contribution in [-0.2, 0) is 14.4 Å². The van der Waals surface area contributed by atoms with Crippen LogP contribution in [0, 0.1) is 0 Å². The lowest BCUT2D eigenvalue weighted by Gasteiger charge is -2.22. The van der Waals surface area contributed by atoms with Gasteiger partial charge in [0.2, 0.25) is 5.91 Å². The lowest BCUT2D eigenvalue weighted by Crippen LogP contribution is -2.35. The maximum Gasteiger partial charge on any atom is 0.216 e. The molecule has 0 aromatic heterocycles. The number of thioether (sulfide) groups is 1. The number of amides is 1. The molecule has 0 bridgehead atoms. The van der Waals surface area contributed by atoms with Crippen molar-refractivity contribution in [2.24, 2.45) is 0 Å². The zero-order valence-corrected chi connectivity index (χ0v) is 11.4. The van der Waals surface area contributed by atoms with Gasteiger partial charge in [0.25, 0.3) is 0 Å². The van der Waals surface area contributed by atoms with Crippen LogP contribution in [-0.4, -0.2) is 27.4 Å². The molecule has 6 heteroatoms. The fraction of sp³-hybridized carbons (Fsp3) is 0.700. The summed E-state index contributed by atoms with van der Waals surface area (Å²) in [6.45, 7) is 5.59. The van der Waals surface area contributed by atoms with Crippen molar-refractivity contribution in [2.75, 3.05) is 6.54 Å². The highest BCUT2D eigenvalue weighted by molar-refractivity contribution is 8.14. The number of carbonyl (C=O) groups is 3. The third-order valence-corrected chi connectivity index (χ3v) is 3.05. The van der Waals surface area contributed by atoms with Crippen LogP contribution in [0.4, 0.5) is 0 Å². The van der Waals surface area contributed by atoms with E-state index < -0.39 is 0 Å². The number of hydrogen-bond donors (Lipinski definition) is 2. The van der Waals surface area contributed by atoms with Crippen molar-refractivity contribution in [2.45, 2.75) is 38.4 Å². The molecule has 0 saturated carbocycles. The van der Waals surface area contributed by atoms with E-state index in [1.165, 1.54) is 6.92 Å². The summed E-state index contributed by atoms with van der Waals surface area (Å²) in [7, 11) is 0.